The average molecular weight is 474 g/mol. The van der Waals surface area contributed by atoms with Crippen LogP contribution < -0.4 is 10.6 Å². The van der Waals surface area contributed by atoms with Gasteiger partial charge in [0.2, 0.25) is 11.8 Å². The molecule has 4 aliphatic rings. The third kappa shape index (κ3) is 3.71. The fourth-order valence-corrected chi connectivity index (χ4v) is 8.24. The van der Waals surface area contributed by atoms with Crippen molar-refractivity contribution in [3.63, 3.8) is 0 Å². The maximum atomic E-state index is 13.0. The highest BCUT2D eigenvalue weighted by Crippen LogP contribution is 2.65. The molecule has 35 heavy (non-hydrogen) atoms. The molecule has 3 aliphatic carbocycles. The molecule has 3 fully saturated rings. The molecular weight excluding hydrogens is 438 g/mol. The molecular formula is C28H35N5O2. The normalized spacial score (nSPS) is 37.7. The number of aromatic amines is 1. The van der Waals surface area contributed by atoms with Crippen molar-refractivity contribution < 1.29 is 9.59 Å². The molecule has 6 rings (SSSR count). The topological polar surface area (TPSA) is 99.8 Å². The van der Waals surface area contributed by atoms with E-state index in [1.54, 1.807) is 18.5 Å². The number of carbonyl (C=O) groups is 2. The number of nitrogens with zero attached hydrogens (tertiary/aromatic N) is 2. The van der Waals surface area contributed by atoms with E-state index in [4.69, 9.17) is 0 Å². The van der Waals surface area contributed by atoms with Crippen LogP contribution in [0.25, 0.3) is 11.3 Å². The molecule has 3 heterocycles. The van der Waals surface area contributed by atoms with Crippen LogP contribution in [0, 0.1) is 34.5 Å². The Morgan fingerprint density at radius 2 is 2.00 bits per heavy atom. The van der Waals surface area contributed by atoms with Crippen LogP contribution >= 0.6 is 0 Å². The molecule has 0 radical (unpaired) electrons. The summed E-state index contributed by atoms with van der Waals surface area (Å²) in [6.07, 6.45) is 14.9. The van der Waals surface area contributed by atoms with E-state index in [0.29, 0.717) is 35.9 Å². The number of pyridine rings is 1. The first-order valence-corrected chi connectivity index (χ1v) is 13.1. The van der Waals surface area contributed by atoms with Crippen molar-refractivity contribution in [3.05, 3.63) is 42.7 Å². The Balaban J connectivity index is 1.12. The van der Waals surface area contributed by atoms with E-state index in [0.717, 1.165) is 30.5 Å². The van der Waals surface area contributed by atoms with Gasteiger partial charge >= 0.3 is 0 Å². The van der Waals surface area contributed by atoms with Gasteiger partial charge in [-0.2, -0.15) is 5.10 Å². The first kappa shape index (κ1) is 22.5. The summed E-state index contributed by atoms with van der Waals surface area (Å²) < 4.78 is 0. The summed E-state index contributed by atoms with van der Waals surface area (Å²) in [7, 11) is 0. The van der Waals surface area contributed by atoms with Crippen LogP contribution in [-0.2, 0) is 9.59 Å². The lowest BCUT2D eigenvalue weighted by Gasteiger charge is -2.59. The summed E-state index contributed by atoms with van der Waals surface area (Å²) in [6.45, 7) is 4.81. The largest absolute Gasteiger partial charge is 0.349 e. The van der Waals surface area contributed by atoms with Crippen LogP contribution in [0.15, 0.2) is 42.7 Å². The third-order valence-electron chi connectivity index (χ3n) is 10.2. The summed E-state index contributed by atoms with van der Waals surface area (Å²) >= 11 is 0. The number of aromatic nitrogens is 3. The Morgan fingerprint density at radius 3 is 2.77 bits per heavy atom. The molecule has 3 N–H and O–H groups in total. The van der Waals surface area contributed by atoms with Crippen LogP contribution in [0.3, 0.4) is 0 Å². The number of H-pyrrole nitrogens is 1. The number of rotatable bonds is 4. The zero-order valence-corrected chi connectivity index (χ0v) is 20.6. The van der Waals surface area contributed by atoms with Crippen molar-refractivity contribution in [1.29, 1.82) is 0 Å². The van der Waals surface area contributed by atoms with Crippen molar-refractivity contribution >= 4 is 17.6 Å². The molecule has 2 aromatic heterocycles. The fraction of sp³-hybridized carbons (Fsp3) is 0.571. The van der Waals surface area contributed by atoms with Gasteiger partial charge in [0, 0.05) is 35.8 Å². The van der Waals surface area contributed by atoms with Crippen LogP contribution in [0.1, 0.15) is 58.8 Å². The quantitative estimate of drug-likeness (QED) is 0.599. The minimum atomic E-state index is 0.0572. The van der Waals surface area contributed by atoms with Crippen LogP contribution in [-0.4, -0.2) is 33.0 Å². The second kappa shape index (κ2) is 8.32. The molecule has 3 saturated carbocycles. The highest BCUT2D eigenvalue weighted by atomic mass is 16.2. The van der Waals surface area contributed by atoms with E-state index >= 15 is 0 Å². The molecule has 2 amide bonds. The number of carbonyl (C=O) groups excluding carboxylic acids is 2. The average Bonchev–Trinajstić information content (AvgIpc) is 3.49. The Morgan fingerprint density at radius 1 is 1.11 bits per heavy atom. The second-order valence-electron chi connectivity index (χ2n) is 11.7. The van der Waals surface area contributed by atoms with E-state index in [1.807, 2.05) is 18.2 Å². The zero-order valence-electron chi connectivity index (χ0n) is 20.6. The van der Waals surface area contributed by atoms with E-state index in [2.05, 4.69) is 45.7 Å². The van der Waals surface area contributed by atoms with E-state index < -0.39 is 0 Å². The van der Waals surface area contributed by atoms with Crippen molar-refractivity contribution in [3.8, 4) is 11.3 Å². The van der Waals surface area contributed by atoms with Gasteiger partial charge in [-0.3, -0.25) is 14.7 Å². The van der Waals surface area contributed by atoms with Crippen LogP contribution in [0.2, 0.25) is 0 Å². The molecule has 0 saturated heterocycles. The minimum Gasteiger partial charge on any atom is -0.349 e. The molecule has 184 valence electrons. The number of nitrogens with one attached hydrogen (secondary N) is 3. The number of anilines is 1. The third-order valence-corrected chi connectivity index (χ3v) is 10.2. The van der Waals surface area contributed by atoms with Gasteiger partial charge < -0.3 is 10.6 Å². The van der Waals surface area contributed by atoms with Crippen molar-refractivity contribution in [2.75, 3.05) is 5.32 Å². The molecule has 0 bridgehead atoms. The molecule has 0 spiro atoms. The van der Waals surface area contributed by atoms with Crippen molar-refractivity contribution in [2.24, 2.45) is 34.5 Å². The molecule has 1 aliphatic heterocycles. The standard InChI is InChI=1S/C28H35N5O2/c1-27-12-9-21-19(5-7-23-28(21,2)13-10-25(34)31-23)20(27)6-4-18(27)15-26(35)32-24-8-3-17(16-29-24)22-11-14-30-33-22/h3,8,10-11,13-14,16,18-21,23H,4-7,9,12,15H2,1-2H3,(H,30,33)(H,31,34)(H,29,32,35)/t18-,19+,20+,21+,23-,27-,28-/m1/s1. The lowest BCUT2D eigenvalue weighted by molar-refractivity contribution is -0.123. The number of hydrogen-bond acceptors (Lipinski definition) is 4. The highest BCUT2D eigenvalue weighted by Gasteiger charge is 2.59. The molecule has 7 atom stereocenters. The second-order valence-corrected chi connectivity index (χ2v) is 11.7. The smallest absolute Gasteiger partial charge is 0.243 e. The fourth-order valence-electron chi connectivity index (χ4n) is 8.24. The Bertz CT molecular complexity index is 1140. The predicted molar refractivity (Wildman–Crippen MR) is 134 cm³/mol. The van der Waals surface area contributed by atoms with Gasteiger partial charge in [0.05, 0.1) is 5.69 Å². The predicted octanol–water partition coefficient (Wildman–Crippen LogP) is 4.71. The Labute approximate surface area is 206 Å². The summed E-state index contributed by atoms with van der Waals surface area (Å²) in [4.78, 5) is 29.4. The summed E-state index contributed by atoms with van der Waals surface area (Å²) in [6, 6.07) is 5.97. The SMILES string of the molecule is C[C@]12C=CC(=O)N[C@@H]1CC[C@@H]1[C@@H]2CC[C@]2(C)[C@@H](CC(=O)Nc3ccc(-c4ccn[nH]4)cn3)CC[C@@H]12. The number of amides is 2. The summed E-state index contributed by atoms with van der Waals surface area (Å²) in [5.74, 6) is 3.08. The van der Waals surface area contributed by atoms with Crippen LogP contribution in [0.4, 0.5) is 5.82 Å². The van der Waals surface area contributed by atoms with E-state index in [9.17, 15) is 9.59 Å². The summed E-state index contributed by atoms with van der Waals surface area (Å²) in [5, 5.41) is 13.2. The Hall–Kier alpha value is -2.96. The van der Waals surface area contributed by atoms with Gasteiger partial charge in [-0.1, -0.05) is 19.9 Å². The highest BCUT2D eigenvalue weighted by molar-refractivity contribution is 5.90. The van der Waals surface area contributed by atoms with Gasteiger partial charge in [0.25, 0.3) is 0 Å². The maximum Gasteiger partial charge on any atom is 0.243 e. The van der Waals surface area contributed by atoms with E-state index in [1.165, 1.54) is 19.3 Å². The first-order valence-electron chi connectivity index (χ1n) is 13.1. The number of hydrogen-bond donors (Lipinski definition) is 3. The van der Waals surface area contributed by atoms with E-state index in [-0.39, 0.29) is 28.7 Å². The van der Waals surface area contributed by atoms with Gasteiger partial charge in [0.15, 0.2) is 0 Å². The molecule has 0 unspecified atom stereocenters. The zero-order chi connectivity index (χ0) is 24.2. The summed E-state index contributed by atoms with van der Waals surface area (Å²) in [5.41, 5.74) is 2.12. The van der Waals surface area contributed by atoms with Crippen LogP contribution in [0.5, 0.6) is 0 Å². The monoisotopic (exact) mass is 473 g/mol. The lowest BCUT2D eigenvalue weighted by Crippen LogP contribution is -2.59. The first-order chi connectivity index (χ1) is 16.9. The van der Waals surface area contributed by atoms with Crippen molar-refractivity contribution in [1.82, 2.24) is 20.5 Å². The lowest BCUT2D eigenvalue weighted by atomic mass is 9.48. The van der Waals surface area contributed by atoms with Gasteiger partial charge in [0.1, 0.15) is 5.82 Å². The van der Waals surface area contributed by atoms with Gasteiger partial charge in [-0.05, 0) is 91.9 Å². The van der Waals surface area contributed by atoms with Crippen molar-refractivity contribution in [2.45, 2.75) is 64.8 Å². The Kier molecular flexibility index (Phi) is 5.35. The molecule has 0 aromatic carbocycles. The number of fused-ring (bicyclic) bond motifs is 5. The minimum absolute atomic E-state index is 0.0572. The van der Waals surface area contributed by atoms with Gasteiger partial charge in [-0.25, -0.2) is 4.98 Å². The van der Waals surface area contributed by atoms with Gasteiger partial charge in [-0.15, -0.1) is 0 Å². The maximum absolute atomic E-state index is 13.0. The molecule has 2 aromatic rings. The molecule has 7 nitrogen and oxygen atoms in total. The molecule has 7 heteroatoms.